The fraction of sp³-hybridized carbons (Fsp3) is 0.192. The number of carbonyl (C=O) groups excluding carboxylic acids is 2. The standard InChI is InChI=1S/C26H22FN3O3/c1-2-33-25(32)22-23(18-11-8-12-19(27)15-18)30-21-14-7-6-13-20(21)28-26(30)29(24(22)31)16-17-9-4-3-5-10-17/h3-15,22-23H,2,16H2,1H3. The van der Waals surface area contributed by atoms with Gasteiger partial charge in [-0.2, -0.15) is 0 Å². The molecule has 166 valence electrons. The Balaban J connectivity index is 1.76. The third-order valence-electron chi connectivity index (χ3n) is 5.86. The van der Waals surface area contributed by atoms with Gasteiger partial charge >= 0.3 is 5.97 Å². The van der Waals surface area contributed by atoms with Crippen LogP contribution in [0.2, 0.25) is 0 Å². The number of ether oxygens (including phenoxy) is 1. The van der Waals surface area contributed by atoms with Crippen molar-refractivity contribution in [3.05, 3.63) is 95.8 Å². The summed E-state index contributed by atoms with van der Waals surface area (Å²) in [5, 5.41) is 0. The second-order valence-corrected chi connectivity index (χ2v) is 7.91. The molecule has 0 aliphatic carbocycles. The molecule has 6 nitrogen and oxygen atoms in total. The van der Waals surface area contributed by atoms with Crippen molar-refractivity contribution in [2.24, 2.45) is 5.92 Å². The summed E-state index contributed by atoms with van der Waals surface area (Å²) in [5.41, 5.74) is 2.84. The minimum Gasteiger partial charge on any atom is -0.465 e. The molecule has 0 spiro atoms. The van der Waals surface area contributed by atoms with Gasteiger partial charge in [0.1, 0.15) is 5.82 Å². The predicted octanol–water partition coefficient (Wildman–Crippen LogP) is 4.49. The van der Waals surface area contributed by atoms with Gasteiger partial charge in [0.15, 0.2) is 5.92 Å². The summed E-state index contributed by atoms with van der Waals surface area (Å²) < 4.78 is 21.4. The number of halogens is 1. The molecule has 0 radical (unpaired) electrons. The largest absolute Gasteiger partial charge is 0.465 e. The molecular weight excluding hydrogens is 421 g/mol. The van der Waals surface area contributed by atoms with Gasteiger partial charge in [-0.3, -0.25) is 14.5 Å². The Morgan fingerprint density at radius 2 is 1.79 bits per heavy atom. The van der Waals surface area contributed by atoms with E-state index >= 15 is 0 Å². The molecule has 0 fully saturated rings. The molecule has 0 saturated heterocycles. The lowest BCUT2D eigenvalue weighted by atomic mass is 9.89. The quantitative estimate of drug-likeness (QED) is 0.337. The number of aromatic nitrogens is 2. The number of nitrogens with zero attached hydrogens (tertiary/aromatic N) is 3. The van der Waals surface area contributed by atoms with Gasteiger partial charge in [0, 0.05) is 0 Å². The van der Waals surface area contributed by atoms with E-state index in [1.165, 1.54) is 17.0 Å². The fourth-order valence-electron chi connectivity index (χ4n) is 4.46. The van der Waals surface area contributed by atoms with Crippen LogP contribution in [0.1, 0.15) is 24.1 Å². The third kappa shape index (κ3) is 3.65. The normalized spacial score (nSPS) is 17.8. The lowest BCUT2D eigenvalue weighted by molar-refractivity contribution is -0.153. The van der Waals surface area contributed by atoms with Gasteiger partial charge in [0.2, 0.25) is 11.9 Å². The topological polar surface area (TPSA) is 64.4 Å². The van der Waals surface area contributed by atoms with E-state index in [0.29, 0.717) is 17.0 Å². The smallest absolute Gasteiger partial charge is 0.321 e. The van der Waals surface area contributed by atoms with Crippen molar-refractivity contribution in [3.63, 3.8) is 0 Å². The first-order valence-electron chi connectivity index (χ1n) is 10.8. The van der Waals surface area contributed by atoms with Crippen LogP contribution >= 0.6 is 0 Å². The monoisotopic (exact) mass is 443 g/mol. The highest BCUT2D eigenvalue weighted by Crippen LogP contribution is 2.41. The van der Waals surface area contributed by atoms with Gasteiger partial charge in [-0.1, -0.05) is 54.6 Å². The molecule has 5 rings (SSSR count). The maximum atomic E-state index is 14.2. The van der Waals surface area contributed by atoms with Crippen LogP contribution in [0.4, 0.5) is 10.3 Å². The summed E-state index contributed by atoms with van der Waals surface area (Å²) in [6.07, 6.45) is 0. The fourth-order valence-corrected chi connectivity index (χ4v) is 4.46. The van der Waals surface area contributed by atoms with E-state index < -0.39 is 29.7 Å². The van der Waals surface area contributed by atoms with Crippen LogP contribution in [0, 0.1) is 11.7 Å². The number of carbonyl (C=O) groups is 2. The summed E-state index contributed by atoms with van der Waals surface area (Å²) >= 11 is 0. The summed E-state index contributed by atoms with van der Waals surface area (Å²) in [7, 11) is 0. The van der Waals surface area contributed by atoms with E-state index in [9.17, 15) is 14.0 Å². The Bertz CT molecular complexity index is 1340. The van der Waals surface area contributed by atoms with Gasteiger partial charge in [-0.15, -0.1) is 0 Å². The Morgan fingerprint density at radius 1 is 1.03 bits per heavy atom. The molecular formula is C26H22FN3O3. The minimum atomic E-state index is -1.18. The van der Waals surface area contributed by atoms with Crippen molar-refractivity contribution in [1.29, 1.82) is 0 Å². The maximum Gasteiger partial charge on any atom is 0.321 e. The number of hydrogen-bond acceptors (Lipinski definition) is 4. The van der Waals surface area contributed by atoms with Crippen LogP contribution in [0.5, 0.6) is 0 Å². The molecule has 3 aromatic carbocycles. The zero-order chi connectivity index (χ0) is 22.9. The first-order valence-corrected chi connectivity index (χ1v) is 10.8. The molecule has 2 heterocycles. The van der Waals surface area contributed by atoms with Crippen LogP contribution in [0.3, 0.4) is 0 Å². The van der Waals surface area contributed by atoms with Gasteiger partial charge < -0.3 is 9.30 Å². The molecule has 33 heavy (non-hydrogen) atoms. The van der Waals surface area contributed by atoms with Crippen molar-refractivity contribution in [2.75, 3.05) is 11.5 Å². The van der Waals surface area contributed by atoms with E-state index in [-0.39, 0.29) is 13.2 Å². The van der Waals surface area contributed by atoms with Crippen molar-refractivity contribution in [2.45, 2.75) is 19.5 Å². The second-order valence-electron chi connectivity index (χ2n) is 7.91. The first kappa shape index (κ1) is 20.9. The van der Waals surface area contributed by atoms with Gasteiger partial charge in [-0.05, 0) is 42.3 Å². The number of imidazole rings is 1. The molecule has 0 bridgehead atoms. The zero-order valence-corrected chi connectivity index (χ0v) is 18.0. The molecule has 2 unspecified atom stereocenters. The second kappa shape index (κ2) is 8.50. The average Bonchev–Trinajstić information content (AvgIpc) is 3.20. The number of fused-ring (bicyclic) bond motifs is 3. The van der Waals surface area contributed by atoms with Crippen molar-refractivity contribution < 1.29 is 18.7 Å². The summed E-state index contributed by atoms with van der Waals surface area (Å²) in [5.74, 6) is -2.27. The molecule has 4 aromatic rings. The lowest BCUT2D eigenvalue weighted by Gasteiger charge is -2.38. The average molecular weight is 443 g/mol. The van der Waals surface area contributed by atoms with Crippen molar-refractivity contribution in [1.82, 2.24) is 9.55 Å². The molecule has 0 N–H and O–H groups in total. The van der Waals surface area contributed by atoms with E-state index in [2.05, 4.69) is 0 Å². The van der Waals surface area contributed by atoms with E-state index in [1.54, 1.807) is 19.1 Å². The molecule has 1 aromatic heterocycles. The van der Waals surface area contributed by atoms with Crippen molar-refractivity contribution in [3.8, 4) is 0 Å². The highest BCUT2D eigenvalue weighted by Gasteiger charge is 2.47. The summed E-state index contributed by atoms with van der Waals surface area (Å²) in [4.78, 5) is 33.2. The summed E-state index contributed by atoms with van der Waals surface area (Å²) in [6, 6.07) is 22.2. The summed E-state index contributed by atoms with van der Waals surface area (Å²) in [6.45, 7) is 2.08. The Kier molecular flexibility index (Phi) is 5.38. The van der Waals surface area contributed by atoms with Gasteiger partial charge in [-0.25, -0.2) is 9.37 Å². The van der Waals surface area contributed by atoms with Crippen LogP contribution in [-0.2, 0) is 20.9 Å². The van der Waals surface area contributed by atoms with Crippen LogP contribution in [-0.4, -0.2) is 28.0 Å². The maximum absolute atomic E-state index is 14.2. The molecule has 0 saturated carbocycles. The van der Waals surface area contributed by atoms with Crippen LogP contribution in [0.25, 0.3) is 11.0 Å². The van der Waals surface area contributed by atoms with E-state index in [4.69, 9.17) is 9.72 Å². The van der Waals surface area contributed by atoms with E-state index in [1.807, 2.05) is 59.2 Å². The van der Waals surface area contributed by atoms with E-state index in [0.717, 1.165) is 11.1 Å². The highest BCUT2D eigenvalue weighted by molar-refractivity contribution is 6.08. The van der Waals surface area contributed by atoms with Gasteiger partial charge in [0.25, 0.3) is 0 Å². The molecule has 1 aliphatic heterocycles. The third-order valence-corrected chi connectivity index (χ3v) is 5.86. The molecule has 1 amide bonds. The lowest BCUT2D eigenvalue weighted by Crippen LogP contribution is -2.49. The number of para-hydroxylation sites is 2. The van der Waals surface area contributed by atoms with Gasteiger partial charge in [0.05, 0.1) is 30.2 Å². The Morgan fingerprint density at radius 3 is 2.55 bits per heavy atom. The number of esters is 1. The predicted molar refractivity (Wildman–Crippen MR) is 122 cm³/mol. The SMILES string of the molecule is CCOC(=O)C1C(=O)N(Cc2ccccc2)c2nc3ccccc3n2C1c1cccc(F)c1. The first-order chi connectivity index (χ1) is 16.1. The molecule has 1 aliphatic rings. The molecule has 2 atom stereocenters. The van der Waals surface area contributed by atoms with Crippen LogP contribution in [0.15, 0.2) is 78.9 Å². The number of amides is 1. The number of rotatable bonds is 5. The number of benzene rings is 3. The highest BCUT2D eigenvalue weighted by atomic mass is 19.1. The number of anilines is 1. The minimum absolute atomic E-state index is 0.134. The molecule has 7 heteroatoms. The number of hydrogen-bond donors (Lipinski definition) is 0. The zero-order valence-electron chi connectivity index (χ0n) is 18.0. The van der Waals surface area contributed by atoms with Crippen molar-refractivity contribution >= 4 is 28.9 Å². The van der Waals surface area contributed by atoms with Crippen LogP contribution < -0.4 is 4.90 Å². The Labute approximate surface area is 190 Å². The Hall–Kier alpha value is -4.00.